The normalized spacial score (nSPS) is 10.1. The molecule has 0 bridgehead atoms. The number of halogens is 1. The maximum atomic E-state index is 12.3. The van der Waals surface area contributed by atoms with Crippen LogP contribution in [0.3, 0.4) is 0 Å². The van der Waals surface area contributed by atoms with E-state index in [1.54, 1.807) is 30.3 Å². The molecule has 92 valence electrons. The summed E-state index contributed by atoms with van der Waals surface area (Å²) in [6.45, 7) is 0. The Kier molecular flexibility index (Phi) is 3.97. The minimum Gasteiger partial charge on any atom is -0.289 e. The summed E-state index contributed by atoms with van der Waals surface area (Å²) >= 11 is 5.93. The summed E-state index contributed by atoms with van der Waals surface area (Å²) in [6, 6.07) is 14.1. The lowest BCUT2D eigenvalue weighted by molar-refractivity contribution is 0.103. The van der Waals surface area contributed by atoms with Crippen LogP contribution in [0.2, 0.25) is 5.02 Å². The van der Waals surface area contributed by atoms with Gasteiger partial charge in [-0.15, -0.1) is 0 Å². The monoisotopic (exact) mass is 261 g/mol. The van der Waals surface area contributed by atoms with E-state index in [0.717, 1.165) is 0 Å². The minimum atomic E-state index is -0.0994. The number of rotatable bonds is 4. The second-order valence-electron chi connectivity index (χ2n) is 3.69. The first kappa shape index (κ1) is 12.6. The summed E-state index contributed by atoms with van der Waals surface area (Å²) in [4.78, 5) is 17.2. The highest BCUT2D eigenvalue weighted by Crippen LogP contribution is 2.23. The predicted octanol–water partition coefficient (Wildman–Crippen LogP) is 3.54. The van der Waals surface area contributed by atoms with Crippen LogP contribution in [0, 0.1) is 0 Å². The molecule has 0 saturated heterocycles. The van der Waals surface area contributed by atoms with Gasteiger partial charge in [0.1, 0.15) is 0 Å². The third-order valence-corrected chi connectivity index (χ3v) is 2.71. The Hall–Kier alpha value is -1.84. The summed E-state index contributed by atoms with van der Waals surface area (Å²) in [5, 5.41) is 0.510. The summed E-state index contributed by atoms with van der Waals surface area (Å²) in [5.74, 6) is -0.0994. The van der Waals surface area contributed by atoms with Crippen molar-refractivity contribution in [1.82, 2.24) is 0 Å². The third-order valence-electron chi connectivity index (χ3n) is 2.47. The number of hydrogen-bond donors (Lipinski definition) is 1. The highest BCUT2D eigenvalue weighted by atomic mass is 35.5. The molecular formula is C14H12ClNO2. The van der Waals surface area contributed by atoms with Crippen molar-refractivity contribution in [2.75, 3.05) is 12.6 Å². The number of anilines is 1. The Morgan fingerprint density at radius 1 is 1.17 bits per heavy atom. The van der Waals surface area contributed by atoms with Crippen LogP contribution in [-0.4, -0.2) is 12.9 Å². The van der Waals surface area contributed by atoms with Crippen LogP contribution in [0.15, 0.2) is 48.5 Å². The molecule has 3 nitrogen and oxygen atoms in total. The zero-order valence-corrected chi connectivity index (χ0v) is 10.6. The summed E-state index contributed by atoms with van der Waals surface area (Å²) in [7, 11) is 1.49. The van der Waals surface area contributed by atoms with Gasteiger partial charge in [-0.1, -0.05) is 41.9 Å². The van der Waals surface area contributed by atoms with Gasteiger partial charge in [0.15, 0.2) is 5.78 Å². The number of hydrogen-bond acceptors (Lipinski definition) is 3. The zero-order chi connectivity index (χ0) is 13.0. The smallest absolute Gasteiger partial charge is 0.195 e. The molecule has 0 unspecified atom stereocenters. The van der Waals surface area contributed by atoms with Crippen LogP contribution in [0.25, 0.3) is 0 Å². The molecule has 0 amide bonds. The SMILES string of the molecule is CONc1ccc(Cl)cc1C(=O)c1ccccc1. The van der Waals surface area contributed by atoms with Crippen molar-refractivity contribution in [2.24, 2.45) is 0 Å². The van der Waals surface area contributed by atoms with E-state index in [9.17, 15) is 4.79 Å². The predicted molar refractivity (Wildman–Crippen MR) is 72.0 cm³/mol. The van der Waals surface area contributed by atoms with Crippen LogP contribution < -0.4 is 5.48 Å². The molecule has 0 atom stereocenters. The Bertz CT molecular complexity index is 555. The fourth-order valence-corrected chi connectivity index (χ4v) is 1.82. The van der Waals surface area contributed by atoms with E-state index in [4.69, 9.17) is 16.4 Å². The van der Waals surface area contributed by atoms with E-state index >= 15 is 0 Å². The zero-order valence-electron chi connectivity index (χ0n) is 9.81. The van der Waals surface area contributed by atoms with E-state index in [2.05, 4.69) is 5.48 Å². The second kappa shape index (κ2) is 5.67. The maximum Gasteiger partial charge on any atom is 0.195 e. The number of benzene rings is 2. The molecule has 4 heteroatoms. The quantitative estimate of drug-likeness (QED) is 0.676. The van der Waals surface area contributed by atoms with Gasteiger partial charge < -0.3 is 0 Å². The molecule has 0 heterocycles. The molecule has 0 aromatic heterocycles. The molecule has 0 spiro atoms. The Morgan fingerprint density at radius 2 is 1.89 bits per heavy atom. The Labute approximate surface area is 110 Å². The van der Waals surface area contributed by atoms with E-state index in [1.165, 1.54) is 7.11 Å². The molecule has 0 aliphatic carbocycles. The molecule has 0 aliphatic rings. The van der Waals surface area contributed by atoms with Gasteiger partial charge in [-0.25, -0.2) is 0 Å². The lowest BCUT2D eigenvalue weighted by Gasteiger charge is -2.10. The Morgan fingerprint density at radius 3 is 2.56 bits per heavy atom. The van der Waals surface area contributed by atoms with Crippen molar-refractivity contribution >= 4 is 23.1 Å². The molecule has 2 aromatic rings. The summed E-state index contributed by atoms with van der Waals surface area (Å²) in [5.41, 5.74) is 4.36. The minimum absolute atomic E-state index is 0.0994. The van der Waals surface area contributed by atoms with Crippen molar-refractivity contribution in [3.8, 4) is 0 Å². The van der Waals surface area contributed by atoms with Crippen LogP contribution in [-0.2, 0) is 4.84 Å². The lowest BCUT2D eigenvalue weighted by Crippen LogP contribution is -2.07. The number of carbonyl (C=O) groups excluding carboxylic acids is 1. The first-order chi connectivity index (χ1) is 8.72. The summed E-state index contributed by atoms with van der Waals surface area (Å²) in [6.07, 6.45) is 0. The average Bonchev–Trinajstić information content (AvgIpc) is 2.41. The first-order valence-electron chi connectivity index (χ1n) is 5.40. The standard InChI is InChI=1S/C14H12ClNO2/c1-18-16-13-8-7-11(15)9-12(13)14(17)10-5-3-2-4-6-10/h2-9,16H,1H3. The van der Waals surface area contributed by atoms with Crippen molar-refractivity contribution in [1.29, 1.82) is 0 Å². The van der Waals surface area contributed by atoms with E-state index in [0.29, 0.717) is 21.8 Å². The number of ketones is 1. The Balaban J connectivity index is 2.43. The van der Waals surface area contributed by atoms with Crippen LogP contribution in [0.4, 0.5) is 5.69 Å². The first-order valence-corrected chi connectivity index (χ1v) is 5.78. The summed E-state index contributed by atoms with van der Waals surface area (Å²) < 4.78 is 0. The van der Waals surface area contributed by atoms with Crippen molar-refractivity contribution in [2.45, 2.75) is 0 Å². The number of carbonyl (C=O) groups is 1. The number of nitrogens with one attached hydrogen (secondary N) is 1. The van der Waals surface area contributed by atoms with Gasteiger partial charge in [-0.3, -0.25) is 15.1 Å². The van der Waals surface area contributed by atoms with Gasteiger partial charge in [0.2, 0.25) is 0 Å². The molecule has 18 heavy (non-hydrogen) atoms. The largest absolute Gasteiger partial charge is 0.289 e. The third kappa shape index (κ3) is 2.70. The van der Waals surface area contributed by atoms with Crippen molar-refractivity contribution in [3.05, 3.63) is 64.7 Å². The maximum absolute atomic E-state index is 12.3. The lowest BCUT2D eigenvalue weighted by atomic mass is 10.0. The van der Waals surface area contributed by atoms with Gasteiger partial charge in [0, 0.05) is 16.1 Å². The topological polar surface area (TPSA) is 38.3 Å². The molecule has 1 N–H and O–H groups in total. The molecule has 0 radical (unpaired) electrons. The second-order valence-corrected chi connectivity index (χ2v) is 4.13. The van der Waals surface area contributed by atoms with Gasteiger partial charge in [-0.05, 0) is 18.2 Å². The highest BCUT2D eigenvalue weighted by molar-refractivity contribution is 6.31. The van der Waals surface area contributed by atoms with Gasteiger partial charge in [0.05, 0.1) is 12.8 Å². The fraction of sp³-hybridized carbons (Fsp3) is 0.0714. The van der Waals surface area contributed by atoms with Crippen LogP contribution in [0.1, 0.15) is 15.9 Å². The molecule has 0 fully saturated rings. The molecule has 0 saturated carbocycles. The average molecular weight is 262 g/mol. The van der Waals surface area contributed by atoms with Crippen molar-refractivity contribution < 1.29 is 9.63 Å². The van der Waals surface area contributed by atoms with Crippen LogP contribution >= 0.6 is 11.6 Å². The molecule has 0 aliphatic heterocycles. The molecule has 2 aromatic carbocycles. The fourth-order valence-electron chi connectivity index (χ4n) is 1.65. The van der Waals surface area contributed by atoms with E-state index in [1.807, 2.05) is 18.2 Å². The van der Waals surface area contributed by atoms with Crippen molar-refractivity contribution in [3.63, 3.8) is 0 Å². The van der Waals surface area contributed by atoms with Gasteiger partial charge in [0.25, 0.3) is 0 Å². The van der Waals surface area contributed by atoms with E-state index in [-0.39, 0.29) is 5.78 Å². The van der Waals surface area contributed by atoms with E-state index < -0.39 is 0 Å². The van der Waals surface area contributed by atoms with Gasteiger partial charge in [-0.2, -0.15) is 0 Å². The molecule has 2 rings (SSSR count). The van der Waals surface area contributed by atoms with Crippen LogP contribution in [0.5, 0.6) is 0 Å². The van der Waals surface area contributed by atoms with Gasteiger partial charge >= 0.3 is 0 Å². The molecular weight excluding hydrogens is 250 g/mol. The highest BCUT2D eigenvalue weighted by Gasteiger charge is 2.14.